The zero-order valence-electron chi connectivity index (χ0n) is 12.0. The van der Waals surface area contributed by atoms with Crippen LogP contribution < -0.4 is 5.32 Å². The summed E-state index contributed by atoms with van der Waals surface area (Å²) in [7, 11) is 2.09. The van der Waals surface area contributed by atoms with E-state index in [1.807, 2.05) is 10.9 Å². The highest BCUT2D eigenvalue weighted by Gasteiger charge is 2.28. The van der Waals surface area contributed by atoms with Gasteiger partial charge in [0.2, 0.25) is 0 Å². The molecule has 3 unspecified atom stereocenters. The Morgan fingerprint density at radius 3 is 2.89 bits per heavy atom. The highest BCUT2D eigenvalue weighted by molar-refractivity contribution is 5.12. The highest BCUT2D eigenvalue weighted by Crippen LogP contribution is 2.38. The Kier molecular flexibility index (Phi) is 4.81. The highest BCUT2D eigenvalue weighted by atomic mass is 15.3. The lowest BCUT2D eigenvalue weighted by molar-refractivity contribution is 0.214. The minimum absolute atomic E-state index is 0.486. The van der Waals surface area contributed by atoms with Gasteiger partial charge in [-0.1, -0.05) is 26.2 Å². The smallest absolute Gasteiger partial charge is 0.0537 e. The maximum Gasteiger partial charge on any atom is 0.0537 e. The molecule has 1 aromatic heterocycles. The Bertz CT molecular complexity index is 358. The fourth-order valence-electron chi connectivity index (χ4n) is 3.39. The normalized spacial score (nSPS) is 26.2. The van der Waals surface area contributed by atoms with Gasteiger partial charge in [-0.15, -0.1) is 0 Å². The zero-order chi connectivity index (χ0) is 13.0. The molecule has 3 nitrogen and oxygen atoms in total. The van der Waals surface area contributed by atoms with Crippen LogP contribution in [0.25, 0.3) is 0 Å². The van der Waals surface area contributed by atoms with Gasteiger partial charge in [-0.2, -0.15) is 5.10 Å². The fourth-order valence-corrected chi connectivity index (χ4v) is 3.39. The molecule has 1 aliphatic rings. The first-order valence-electron chi connectivity index (χ1n) is 7.48. The van der Waals surface area contributed by atoms with E-state index < -0.39 is 0 Å². The van der Waals surface area contributed by atoms with Crippen molar-refractivity contribution in [2.24, 2.45) is 11.8 Å². The SMILES string of the molecule is CCC1CCCC(C(NC)c2cnn(CC)c2)C1. The van der Waals surface area contributed by atoms with Crippen LogP contribution in [0.4, 0.5) is 0 Å². The largest absolute Gasteiger partial charge is 0.313 e. The number of hydrogen-bond donors (Lipinski definition) is 1. The monoisotopic (exact) mass is 249 g/mol. The van der Waals surface area contributed by atoms with Crippen molar-refractivity contribution in [3.63, 3.8) is 0 Å². The molecular weight excluding hydrogens is 222 g/mol. The molecule has 102 valence electrons. The molecule has 0 bridgehead atoms. The topological polar surface area (TPSA) is 29.9 Å². The third kappa shape index (κ3) is 2.94. The molecule has 0 radical (unpaired) electrons. The van der Waals surface area contributed by atoms with Gasteiger partial charge in [-0.25, -0.2) is 0 Å². The van der Waals surface area contributed by atoms with Crippen LogP contribution in [0.5, 0.6) is 0 Å². The quantitative estimate of drug-likeness (QED) is 0.867. The van der Waals surface area contributed by atoms with Crippen LogP contribution in [0, 0.1) is 11.8 Å². The standard InChI is InChI=1S/C15H27N3/c1-4-12-7-6-8-13(9-12)15(16-3)14-10-17-18(5-2)11-14/h10-13,15-16H,4-9H2,1-3H3. The maximum atomic E-state index is 4.41. The summed E-state index contributed by atoms with van der Waals surface area (Å²) >= 11 is 0. The first kappa shape index (κ1) is 13.6. The number of hydrogen-bond acceptors (Lipinski definition) is 2. The van der Waals surface area contributed by atoms with Crippen LogP contribution >= 0.6 is 0 Å². The molecule has 2 rings (SSSR count). The first-order valence-corrected chi connectivity index (χ1v) is 7.48. The van der Waals surface area contributed by atoms with Crippen LogP contribution in [0.2, 0.25) is 0 Å². The Labute approximate surface area is 111 Å². The van der Waals surface area contributed by atoms with Crippen molar-refractivity contribution in [3.8, 4) is 0 Å². The Morgan fingerprint density at radius 2 is 2.28 bits per heavy atom. The van der Waals surface area contributed by atoms with Gasteiger partial charge >= 0.3 is 0 Å². The van der Waals surface area contributed by atoms with Crippen molar-refractivity contribution in [2.75, 3.05) is 7.05 Å². The molecular formula is C15H27N3. The number of nitrogens with zero attached hydrogens (tertiary/aromatic N) is 2. The van der Waals surface area contributed by atoms with Crippen molar-refractivity contribution in [1.82, 2.24) is 15.1 Å². The molecule has 1 fully saturated rings. The number of aryl methyl sites for hydroxylation is 1. The van der Waals surface area contributed by atoms with E-state index in [-0.39, 0.29) is 0 Å². The predicted octanol–water partition coefficient (Wildman–Crippen LogP) is 3.38. The molecule has 1 aromatic rings. The minimum atomic E-state index is 0.486. The van der Waals surface area contributed by atoms with Crippen LogP contribution in [0.15, 0.2) is 12.4 Å². The molecule has 1 saturated carbocycles. The maximum absolute atomic E-state index is 4.41. The van der Waals surface area contributed by atoms with Gasteiger partial charge in [0.25, 0.3) is 0 Å². The summed E-state index contributed by atoms with van der Waals surface area (Å²) in [4.78, 5) is 0. The third-order valence-corrected chi connectivity index (χ3v) is 4.52. The zero-order valence-corrected chi connectivity index (χ0v) is 12.0. The summed E-state index contributed by atoms with van der Waals surface area (Å²) in [5.41, 5.74) is 1.36. The van der Waals surface area contributed by atoms with Crippen molar-refractivity contribution in [2.45, 2.75) is 58.5 Å². The Hall–Kier alpha value is -0.830. The lowest BCUT2D eigenvalue weighted by Crippen LogP contribution is -2.29. The van der Waals surface area contributed by atoms with Crippen LogP contribution in [0.3, 0.4) is 0 Å². The van der Waals surface area contributed by atoms with Gasteiger partial charge in [0.15, 0.2) is 0 Å². The molecule has 0 saturated heterocycles. The minimum Gasteiger partial charge on any atom is -0.313 e. The second kappa shape index (κ2) is 6.37. The average Bonchev–Trinajstić information content (AvgIpc) is 2.88. The molecule has 0 aliphatic heterocycles. The lowest BCUT2D eigenvalue weighted by atomic mass is 9.75. The van der Waals surface area contributed by atoms with E-state index in [0.29, 0.717) is 6.04 Å². The van der Waals surface area contributed by atoms with Crippen molar-refractivity contribution < 1.29 is 0 Å². The molecule has 3 heteroatoms. The van der Waals surface area contributed by atoms with Crippen molar-refractivity contribution in [3.05, 3.63) is 18.0 Å². The van der Waals surface area contributed by atoms with Gasteiger partial charge in [0.05, 0.1) is 6.20 Å². The number of rotatable bonds is 5. The number of aromatic nitrogens is 2. The molecule has 3 atom stereocenters. The summed E-state index contributed by atoms with van der Waals surface area (Å²) < 4.78 is 2.03. The van der Waals surface area contributed by atoms with E-state index in [2.05, 4.69) is 37.5 Å². The summed E-state index contributed by atoms with van der Waals surface area (Å²) in [6.45, 7) is 5.42. The van der Waals surface area contributed by atoms with Gasteiger partial charge in [0.1, 0.15) is 0 Å². The number of nitrogens with one attached hydrogen (secondary N) is 1. The second-order valence-electron chi connectivity index (χ2n) is 5.60. The first-order chi connectivity index (χ1) is 8.78. The summed E-state index contributed by atoms with van der Waals surface area (Å²) in [6.07, 6.45) is 11.1. The van der Waals surface area contributed by atoms with Gasteiger partial charge in [0, 0.05) is 24.3 Å². The second-order valence-corrected chi connectivity index (χ2v) is 5.60. The average molecular weight is 249 g/mol. The molecule has 18 heavy (non-hydrogen) atoms. The molecule has 1 N–H and O–H groups in total. The van der Waals surface area contributed by atoms with Crippen LogP contribution in [-0.2, 0) is 6.54 Å². The van der Waals surface area contributed by atoms with E-state index in [9.17, 15) is 0 Å². The van der Waals surface area contributed by atoms with E-state index >= 15 is 0 Å². The van der Waals surface area contributed by atoms with Gasteiger partial charge < -0.3 is 5.32 Å². The molecule has 1 aliphatic carbocycles. The van der Waals surface area contributed by atoms with E-state index in [1.165, 1.54) is 37.7 Å². The summed E-state index contributed by atoms with van der Waals surface area (Å²) in [5, 5.41) is 7.93. The van der Waals surface area contributed by atoms with Crippen LogP contribution in [-0.4, -0.2) is 16.8 Å². The molecule has 1 heterocycles. The Morgan fingerprint density at radius 1 is 1.44 bits per heavy atom. The van der Waals surface area contributed by atoms with Gasteiger partial charge in [-0.3, -0.25) is 4.68 Å². The van der Waals surface area contributed by atoms with Gasteiger partial charge in [-0.05, 0) is 38.6 Å². The van der Waals surface area contributed by atoms with Crippen LogP contribution in [0.1, 0.15) is 57.6 Å². The predicted molar refractivity (Wildman–Crippen MR) is 75.4 cm³/mol. The fraction of sp³-hybridized carbons (Fsp3) is 0.800. The van der Waals surface area contributed by atoms with Crippen molar-refractivity contribution in [1.29, 1.82) is 0 Å². The lowest BCUT2D eigenvalue weighted by Gasteiger charge is -2.33. The molecule has 0 amide bonds. The Balaban J connectivity index is 2.07. The molecule has 0 aromatic carbocycles. The third-order valence-electron chi connectivity index (χ3n) is 4.52. The van der Waals surface area contributed by atoms with E-state index in [4.69, 9.17) is 0 Å². The molecule has 0 spiro atoms. The van der Waals surface area contributed by atoms with E-state index in [1.54, 1.807) is 0 Å². The summed E-state index contributed by atoms with van der Waals surface area (Å²) in [6, 6.07) is 0.486. The summed E-state index contributed by atoms with van der Waals surface area (Å²) in [5.74, 6) is 1.71. The van der Waals surface area contributed by atoms with Crippen molar-refractivity contribution >= 4 is 0 Å². The van der Waals surface area contributed by atoms with E-state index in [0.717, 1.165) is 18.4 Å².